The number of rotatable bonds is 2. The zero-order chi connectivity index (χ0) is 14.0. The Hall–Kier alpha value is -2.37. The lowest BCUT2D eigenvalue weighted by Crippen LogP contribution is -2.27. The molecule has 0 saturated heterocycles. The number of aromatic amines is 1. The second-order valence-electron chi connectivity index (χ2n) is 5.34. The lowest BCUT2D eigenvalue weighted by molar-refractivity contribution is -0.123. The Balaban J connectivity index is 2.23. The standard InChI is InChI=1S/C13H17N5O/c1-13(2,3)12(19)16-11-6-8(4-5-15-11)9-7-10(14)18-17-9/h4-7H,1-3H3,(H3,14,17,18)(H,15,16,19). The summed E-state index contributed by atoms with van der Waals surface area (Å²) in [7, 11) is 0. The topological polar surface area (TPSA) is 96.7 Å². The van der Waals surface area contributed by atoms with E-state index in [1.54, 1.807) is 18.3 Å². The first-order valence-corrected chi connectivity index (χ1v) is 5.95. The summed E-state index contributed by atoms with van der Waals surface area (Å²) in [5.74, 6) is 0.907. The van der Waals surface area contributed by atoms with Crippen molar-refractivity contribution in [1.82, 2.24) is 15.2 Å². The lowest BCUT2D eigenvalue weighted by atomic mass is 9.96. The van der Waals surface area contributed by atoms with Crippen LogP contribution >= 0.6 is 0 Å². The van der Waals surface area contributed by atoms with Gasteiger partial charge < -0.3 is 11.1 Å². The van der Waals surface area contributed by atoms with Crippen molar-refractivity contribution >= 4 is 17.5 Å². The Bertz CT molecular complexity index is 597. The maximum Gasteiger partial charge on any atom is 0.230 e. The molecule has 6 nitrogen and oxygen atoms in total. The smallest absolute Gasteiger partial charge is 0.230 e. The minimum Gasteiger partial charge on any atom is -0.384 e. The molecule has 2 rings (SSSR count). The van der Waals surface area contributed by atoms with Crippen molar-refractivity contribution in [2.75, 3.05) is 11.1 Å². The molecular weight excluding hydrogens is 242 g/mol. The van der Waals surface area contributed by atoms with Crippen molar-refractivity contribution in [3.63, 3.8) is 0 Å². The summed E-state index contributed by atoms with van der Waals surface area (Å²) in [6, 6.07) is 5.30. The summed E-state index contributed by atoms with van der Waals surface area (Å²) in [4.78, 5) is 16.0. The van der Waals surface area contributed by atoms with Crippen molar-refractivity contribution in [2.45, 2.75) is 20.8 Å². The fourth-order valence-electron chi connectivity index (χ4n) is 1.45. The summed E-state index contributed by atoms with van der Waals surface area (Å²) in [5, 5.41) is 9.52. The Kier molecular flexibility index (Phi) is 3.25. The third kappa shape index (κ3) is 3.09. The second kappa shape index (κ2) is 4.72. The van der Waals surface area contributed by atoms with E-state index in [2.05, 4.69) is 20.5 Å². The molecule has 0 aliphatic heterocycles. The van der Waals surface area contributed by atoms with Gasteiger partial charge in [0.1, 0.15) is 11.6 Å². The third-order valence-corrected chi connectivity index (χ3v) is 2.58. The highest BCUT2D eigenvalue weighted by Crippen LogP contribution is 2.22. The van der Waals surface area contributed by atoms with Gasteiger partial charge in [-0.1, -0.05) is 20.8 Å². The van der Waals surface area contributed by atoms with Gasteiger partial charge in [-0.2, -0.15) is 5.10 Å². The number of amides is 1. The number of H-pyrrole nitrogens is 1. The van der Waals surface area contributed by atoms with Crippen molar-refractivity contribution in [3.8, 4) is 11.3 Å². The number of anilines is 2. The average Bonchev–Trinajstić information content (AvgIpc) is 2.75. The largest absolute Gasteiger partial charge is 0.384 e. The Morgan fingerprint density at radius 3 is 2.68 bits per heavy atom. The van der Waals surface area contributed by atoms with Gasteiger partial charge in [0, 0.05) is 23.2 Å². The van der Waals surface area contributed by atoms with Crippen molar-refractivity contribution < 1.29 is 4.79 Å². The quantitative estimate of drug-likeness (QED) is 0.768. The summed E-state index contributed by atoms with van der Waals surface area (Å²) >= 11 is 0. The summed E-state index contributed by atoms with van der Waals surface area (Å²) in [5.41, 5.74) is 6.68. The first-order chi connectivity index (χ1) is 8.86. The summed E-state index contributed by atoms with van der Waals surface area (Å²) < 4.78 is 0. The monoisotopic (exact) mass is 259 g/mol. The normalized spacial score (nSPS) is 11.3. The molecule has 0 aliphatic carbocycles. The SMILES string of the molecule is CC(C)(C)C(=O)Nc1cc(-c2cc(N)[nH]n2)ccn1. The number of nitrogens with one attached hydrogen (secondary N) is 2. The number of nitrogens with two attached hydrogens (primary N) is 1. The highest BCUT2D eigenvalue weighted by Gasteiger charge is 2.21. The molecule has 0 fully saturated rings. The first-order valence-electron chi connectivity index (χ1n) is 5.95. The lowest BCUT2D eigenvalue weighted by Gasteiger charge is -2.17. The molecule has 0 radical (unpaired) electrons. The second-order valence-corrected chi connectivity index (χ2v) is 5.34. The Morgan fingerprint density at radius 2 is 2.11 bits per heavy atom. The predicted molar refractivity (Wildman–Crippen MR) is 74.3 cm³/mol. The van der Waals surface area contributed by atoms with Crippen LogP contribution < -0.4 is 11.1 Å². The highest BCUT2D eigenvalue weighted by molar-refractivity contribution is 5.94. The molecule has 4 N–H and O–H groups in total. The maximum atomic E-state index is 11.9. The average molecular weight is 259 g/mol. The van der Waals surface area contributed by atoms with Crippen LogP contribution in [0.5, 0.6) is 0 Å². The van der Waals surface area contributed by atoms with Crippen molar-refractivity contribution in [3.05, 3.63) is 24.4 Å². The van der Waals surface area contributed by atoms with Crippen LogP contribution in [0.4, 0.5) is 11.6 Å². The van der Waals surface area contributed by atoms with Gasteiger partial charge in [-0.15, -0.1) is 0 Å². The molecular formula is C13H17N5O. The Morgan fingerprint density at radius 1 is 1.37 bits per heavy atom. The number of nitrogen functional groups attached to an aromatic ring is 1. The number of pyridine rings is 1. The van der Waals surface area contributed by atoms with Gasteiger partial charge in [0.15, 0.2) is 0 Å². The molecule has 0 aromatic carbocycles. The molecule has 0 bridgehead atoms. The fraction of sp³-hybridized carbons (Fsp3) is 0.308. The summed E-state index contributed by atoms with van der Waals surface area (Å²) in [6.07, 6.45) is 1.62. The van der Waals surface area contributed by atoms with E-state index >= 15 is 0 Å². The molecule has 0 unspecified atom stereocenters. The molecule has 2 aromatic rings. The van der Waals surface area contributed by atoms with Crippen molar-refractivity contribution in [1.29, 1.82) is 0 Å². The number of nitrogens with zero attached hydrogens (tertiary/aromatic N) is 2. The minimum absolute atomic E-state index is 0.0845. The van der Waals surface area contributed by atoms with E-state index in [1.165, 1.54) is 0 Å². The predicted octanol–water partition coefficient (Wildman–Crippen LogP) is 2.04. The van der Waals surface area contributed by atoms with E-state index in [4.69, 9.17) is 5.73 Å². The van der Waals surface area contributed by atoms with E-state index < -0.39 is 5.41 Å². The maximum absolute atomic E-state index is 11.9. The van der Waals surface area contributed by atoms with E-state index in [0.29, 0.717) is 17.3 Å². The number of hydrogen-bond donors (Lipinski definition) is 3. The number of carbonyl (C=O) groups excluding carboxylic acids is 1. The van der Waals surface area contributed by atoms with Gasteiger partial charge in [0.2, 0.25) is 5.91 Å². The van der Waals surface area contributed by atoms with Gasteiger partial charge in [0.05, 0.1) is 5.69 Å². The van der Waals surface area contributed by atoms with Crippen LogP contribution in [-0.4, -0.2) is 21.1 Å². The minimum atomic E-state index is -0.464. The van der Waals surface area contributed by atoms with Gasteiger partial charge in [-0.05, 0) is 12.1 Å². The molecule has 6 heteroatoms. The molecule has 2 heterocycles. The molecule has 100 valence electrons. The zero-order valence-corrected chi connectivity index (χ0v) is 11.2. The highest BCUT2D eigenvalue weighted by atomic mass is 16.2. The van der Waals surface area contributed by atoms with Crippen LogP contribution in [0.15, 0.2) is 24.4 Å². The fourth-order valence-corrected chi connectivity index (χ4v) is 1.45. The van der Waals surface area contributed by atoms with Crippen LogP contribution in [0.25, 0.3) is 11.3 Å². The van der Waals surface area contributed by atoms with Gasteiger partial charge in [-0.25, -0.2) is 4.98 Å². The van der Waals surface area contributed by atoms with Crippen LogP contribution in [0, 0.1) is 5.41 Å². The van der Waals surface area contributed by atoms with Crippen molar-refractivity contribution in [2.24, 2.45) is 5.41 Å². The zero-order valence-electron chi connectivity index (χ0n) is 11.2. The van der Waals surface area contributed by atoms with Crippen LogP contribution in [0.3, 0.4) is 0 Å². The van der Waals surface area contributed by atoms with Crippen LogP contribution in [-0.2, 0) is 4.79 Å². The third-order valence-electron chi connectivity index (χ3n) is 2.58. The Labute approximate surface area is 111 Å². The van der Waals surface area contributed by atoms with Gasteiger partial charge >= 0.3 is 0 Å². The summed E-state index contributed by atoms with van der Waals surface area (Å²) in [6.45, 7) is 5.54. The molecule has 1 amide bonds. The van der Waals surface area contributed by atoms with Gasteiger partial charge in [-0.3, -0.25) is 9.89 Å². The molecule has 2 aromatic heterocycles. The molecule has 0 spiro atoms. The first kappa shape index (κ1) is 13.1. The van der Waals surface area contributed by atoms with Gasteiger partial charge in [0.25, 0.3) is 0 Å². The molecule has 19 heavy (non-hydrogen) atoms. The van der Waals surface area contributed by atoms with Crippen LogP contribution in [0.2, 0.25) is 0 Å². The number of hydrogen-bond acceptors (Lipinski definition) is 4. The number of carbonyl (C=O) groups is 1. The molecule has 0 atom stereocenters. The van der Waals surface area contributed by atoms with E-state index in [0.717, 1.165) is 5.56 Å². The molecule has 0 aliphatic rings. The van der Waals surface area contributed by atoms with Crippen LogP contribution in [0.1, 0.15) is 20.8 Å². The van der Waals surface area contributed by atoms with E-state index in [1.807, 2.05) is 26.8 Å². The van der Waals surface area contributed by atoms with E-state index in [9.17, 15) is 4.79 Å². The van der Waals surface area contributed by atoms with E-state index in [-0.39, 0.29) is 5.91 Å². The molecule has 0 saturated carbocycles. The number of aromatic nitrogens is 3.